The highest BCUT2D eigenvalue weighted by Gasteiger charge is 2.34. The number of carbonyl (C=O) groups excluding carboxylic acids is 1. The van der Waals surface area contributed by atoms with Gasteiger partial charge < -0.3 is 10.2 Å². The maximum atomic E-state index is 12.5. The van der Waals surface area contributed by atoms with Gasteiger partial charge in [-0.15, -0.1) is 0 Å². The van der Waals surface area contributed by atoms with Crippen molar-refractivity contribution in [1.29, 1.82) is 0 Å². The van der Waals surface area contributed by atoms with Gasteiger partial charge in [-0.1, -0.05) is 6.42 Å². The van der Waals surface area contributed by atoms with Gasteiger partial charge in [-0.3, -0.25) is 4.79 Å². The standard InChI is InChI=1S/C17H27N3O3S/c1-4-19(5-2)15-11-9-14(10-12-15)18-17(21)16-8-6-7-13-20(16)24(3,22)23/h9-12,16H,4-8,13H2,1-3H3,(H,18,21). The predicted octanol–water partition coefficient (Wildman–Crippen LogP) is 2.29. The molecule has 1 unspecified atom stereocenters. The van der Waals surface area contributed by atoms with Crippen molar-refractivity contribution in [2.45, 2.75) is 39.2 Å². The first-order valence-electron chi connectivity index (χ1n) is 8.49. The summed E-state index contributed by atoms with van der Waals surface area (Å²) in [5.41, 5.74) is 1.79. The van der Waals surface area contributed by atoms with E-state index in [0.29, 0.717) is 18.7 Å². The van der Waals surface area contributed by atoms with E-state index in [1.165, 1.54) is 4.31 Å². The van der Waals surface area contributed by atoms with E-state index in [1.807, 2.05) is 24.3 Å². The van der Waals surface area contributed by atoms with Gasteiger partial charge in [-0.05, 0) is 51.0 Å². The third kappa shape index (κ3) is 4.48. The molecule has 0 aromatic heterocycles. The first kappa shape index (κ1) is 18.7. The molecule has 24 heavy (non-hydrogen) atoms. The first-order valence-corrected chi connectivity index (χ1v) is 10.3. The maximum absolute atomic E-state index is 12.5. The molecule has 6 nitrogen and oxygen atoms in total. The summed E-state index contributed by atoms with van der Waals surface area (Å²) in [6, 6.07) is 7.05. The molecule has 1 saturated heterocycles. The zero-order chi connectivity index (χ0) is 17.7. The van der Waals surface area contributed by atoms with Crippen LogP contribution in [-0.4, -0.2) is 50.6 Å². The van der Waals surface area contributed by atoms with E-state index in [0.717, 1.165) is 37.9 Å². The molecule has 0 spiro atoms. The summed E-state index contributed by atoms with van der Waals surface area (Å²) in [4.78, 5) is 14.7. The van der Waals surface area contributed by atoms with Gasteiger partial charge in [0.2, 0.25) is 15.9 Å². The quantitative estimate of drug-likeness (QED) is 0.852. The van der Waals surface area contributed by atoms with Gasteiger partial charge in [0.1, 0.15) is 6.04 Å². The average Bonchev–Trinajstić information content (AvgIpc) is 2.56. The van der Waals surface area contributed by atoms with Gasteiger partial charge in [0.05, 0.1) is 6.26 Å². The molecular weight excluding hydrogens is 326 g/mol. The van der Waals surface area contributed by atoms with Crippen molar-refractivity contribution < 1.29 is 13.2 Å². The van der Waals surface area contributed by atoms with Gasteiger partial charge >= 0.3 is 0 Å². The SMILES string of the molecule is CCN(CC)c1ccc(NC(=O)C2CCCCN2S(C)(=O)=O)cc1. The lowest BCUT2D eigenvalue weighted by Gasteiger charge is -2.32. The van der Waals surface area contributed by atoms with Gasteiger partial charge in [-0.2, -0.15) is 4.31 Å². The number of hydrogen-bond donors (Lipinski definition) is 1. The monoisotopic (exact) mass is 353 g/mol. The average molecular weight is 353 g/mol. The van der Waals surface area contributed by atoms with E-state index in [2.05, 4.69) is 24.1 Å². The Morgan fingerprint density at radius 1 is 1.21 bits per heavy atom. The third-order valence-corrected chi connectivity index (χ3v) is 5.73. The van der Waals surface area contributed by atoms with Gasteiger partial charge in [-0.25, -0.2) is 8.42 Å². The molecule has 0 aliphatic carbocycles. The van der Waals surface area contributed by atoms with Crippen molar-refractivity contribution in [3.05, 3.63) is 24.3 Å². The Morgan fingerprint density at radius 2 is 1.83 bits per heavy atom. The van der Waals surface area contributed by atoms with Gasteiger partial charge in [0, 0.05) is 31.0 Å². The van der Waals surface area contributed by atoms with Crippen molar-refractivity contribution in [3.8, 4) is 0 Å². The highest BCUT2D eigenvalue weighted by atomic mass is 32.2. The van der Waals surface area contributed by atoms with E-state index in [4.69, 9.17) is 0 Å². The van der Waals surface area contributed by atoms with Crippen LogP contribution in [0.4, 0.5) is 11.4 Å². The van der Waals surface area contributed by atoms with Crippen LogP contribution in [0.25, 0.3) is 0 Å². The van der Waals surface area contributed by atoms with E-state index < -0.39 is 16.1 Å². The minimum absolute atomic E-state index is 0.254. The summed E-state index contributed by atoms with van der Waals surface area (Å²) in [7, 11) is -3.37. The van der Waals surface area contributed by atoms with E-state index in [-0.39, 0.29) is 5.91 Å². The number of rotatable bonds is 6. The van der Waals surface area contributed by atoms with Gasteiger partial charge in [0.25, 0.3) is 0 Å². The summed E-state index contributed by atoms with van der Waals surface area (Å²) in [6.07, 6.45) is 3.40. The summed E-state index contributed by atoms with van der Waals surface area (Å²) < 4.78 is 25.1. The Balaban J connectivity index is 2.08. The minimum Gasteiger partial charge on any atom is -0.372 e. The van der Waals surface area contributed by atoms with Crippen LogP contribution in [0.5, 0.6) is 0 Å². The molecule has 134 valence electrons. The molecule has 2 rings (SSSR count). The lowest BCUT2D eigenvalue weighted by molar-refractivity contribution is -0.120. The number of nitrogens with one attached hydrogen (secondary N) is 1. The molecule has 0 radical (unpaired) electrons. The topological polar surface area (TPSA) is 69.7 Å². The lowest BCUT2D eigenvalue weighted by Crippen LogP contribution is -2.49. The third-order valence-electron chi connectivity index (χ3n) is 4.45. The largest absolute Gasteiger partial charge is 0.372 e. The number of sulfonamides is 1. The molecule has 1 aliphatic heterocycles. The fourth-order valence-corrected chi connectivity index (χ4v) is 4.26. The summed E-state index contributed by atoms with van der Waals surface area (Å²) >= 11 is 0. The Morgan fingerprint density at radius 3 is 2.38 bits per heavy atom. The van der Waals surface area contributed by atoms with E-state index in [9.17, 15) is 13.2 Å². The zero-order valence-electron chi connectivity index (χ0n) is 14.7. The summed E-state index contributed by atoms with van der Waals surface area (Å²) in [5.74, 6) is -0.254. The Bertz CT molecular complexity index is 654. The van der Waals surface area contributed by atoms with Crippen molar-refractivity contribution >= 4 is 27.3 Å². The number of amides is 1. The fraction of sp³-hybridized carbons (Fsp3) is 0.588. The fourth-order valence-electron chi connectivity index (χ4n) is 3.13. The van der Waals surface area contributed by atoms with Crippen LogP contribution in [-0.2, 0) is 14.8 Å². The smallest absolute Gasteiger partial charge is 0.242 e. The molecular formula is C17H27N3O3S. The second kappa shape index (κ2) is 7.98. The number of nitrogens with zero attached hydrogens (tertiary/aromatic N) is 2. The Labute approximate surface area is 144 Å². The molecule has 0 saturated carbocycles. The van der Waals surface area contributed by atoms with Crippen molar-refractivity contribution in [2.75, 3.05) is 36.1 Å². The molecule has 1 aromatic rings. The van der Waals surface area contributed by atoms with Crippen molar-refractivity contribution in [3.63, 3.8) is 0 Å². The number of anilines is 2. The molecule has 1 aliphatic rings. The Kier molecular flexibility index (Phi) is 6.23. The summed E-state index contributed by atoms with van der Waals surface area (Å²) in [6.45, 7) is 6.46. The summed E-state index contributed by atoms with van der Waals surface area (Å²) in [5, 5.41) is 2.85. The van der Waals surface area contributed by atoms with Crippen LogP contribution in [0.15, 0.2) is 24.3 Å². The molecule has 1 N–H and O–H groups in total. The van der Waals surface area contributed by atoms with Crippen molar-refractivity contribution in [1.82, 2.24) is 4.31 Å². The van der Waals surface area contributed by atoms with Crippen LogP contribution in [0.2, 0.25) is 0 Å². The van der Waals surface area contributed by atoms with Crippen LogP contribution >= 0.6 is 0 Å². The Hall–Kier alpha value is -1.60. The van der Waals surface area contributed by atoms with Crippen LogP contribution in [0.3, 0.4) is 0 Å². The molecule has 1 amide bonds. The maximum Gasteiger partial charge on any atom is 0.242 e. The highest BCUT2D eigenvalue weighted by molar-refractivity contribution is 7.88. The van der Waals surface area contributed by atoms with E-state index >= 15 is 0 Å². The number of benzene rings is 1. The van der Waals surface area contributed by atoms with Crippen molar-refractivity contribution in [2.24, 2.45) is 0 Å². The number of hydrogen-bond acceptors (Lipinski definition) is 4. The minimum atomic E-state index is -3.37. The number of piperidine rings is 1. The number of carbonyl (C=O) groups is 1. The zero-order valence-corrected chi connectivity index (χ0v) is 15.5. The molecule has 1 atom stereocenters. The highest BCUT2D eigenvalue weighted by Crippen LogP contribution is 2.22. The van der Waals surface area contributed by atoms with E-state index in [1.54, 1.807) is 0 Å². The molecule has 1 fully saturated rings. The molecule has 1 heterocycles. The van der Waals surface area contributed by atoms with Crippen LogP contribution < -0.4 is 10.2 Å². The first-order chi connectivity index (χ1) is 11.4. The molecule has 1 aromatic carbocycles. The molecule has 0 bridgehead atoms. The van der Waals surface area contributed by atoms with Crippen LogP contribution in [0.1, 0.15) is 33.1 Å². The second-order valence-corrected chi connectivity index (χ2v) is 8.03. The van der Waals surface area contributed by atoms with Crippen LogP contribution in [0, 0.1) is 0 Å². The second-order valence-electron chi connectivity index (χ2n) is 6.09. The molecule has 7 heteroatoms. The lowest BCUT2D eigenvalue weighted by atomic mass is 10.0. The predicted molar refractivity (Wildman–Crippen MR) is 97.8 cm³/mol. The normalized spacial score (nSPS) is 19.0. The van der Waals surface area contributed by atoms with Gasteiger partial charge in [0.15, 0.2) is 0 Å².